The van der Waals surface area contributed by atoms with Crippen LogP contribution in [0.5, 0.6) is 0 Å². The largest absolute Gasteiger partial charge is 0.383 e. The monoisotopic (exact) mass is 392 g/mol. The number of hydrogen-bond donors (Lipinski definition) is 1. The Hall–Kier alpha value is -1.80. The van der Waals surface area contributed by atoms with Gasteiger partial charge >= 0.3 is 0 Å². The first kappa shape index (κ1) is 14.2. The lowest BCUT2D eigenvalue weighted by molar-refractivity contribution is 0.181. The number of methoxy groups -OCH3 is 1. The van der Waals surface area contributed by atoms with Crippen molar-refractivity contribution in [2.45, 2.75) is 6.61 Å². The lowest BCUT2D eigenvalue weighted by Gasteiger charge is -2.09. The van der Waals surface area contributed by atoms with Crippen LogP contribution >= 0.6 is 22.6 Å². The number of rotatable bonds is 3. The van der Waals surface area contributed by atoms with Gasteiger partial charge in [-0.2, -0.15) is 0 Å². The molecule has 0 atom stereocenters. The number of nitrogens with zero attached hydrogens (tertiary/aromatic N) is 3. The average Bonchev–Trinajstić information content (AvgIpc) is 2.51. The summed E-state index contributed by atoms with van der Waals surface area (Å²) in [4.78, 5) is 13.2. The van der Waals surface area contributed by atoms with E-state index in [9.17, 15) is 0 Å². The molecule has 0 saturated heterocycles. The topological polar surface area (TPSA) is 73.9 Å². The fourth-order valence-electron chi connectivity index (χ4n) is 2.09. The van der Waals surface area contributed by atoms with Gasteiger partial charge in [0.2, 0.25) is 0 Å². The first-order chi connectivity index (χ1) is 10.2. The Morgan fingerprint density at radius 1 is 1.24 bits per heavy atom. The molecule has 0 aliphatic rings. The number of hydrogen-bond acceptors (Lipinski definition) is 5. The van der Waals surface area contributed by atoms with Gasteiger partial charge in [0, 0.05) is 24.3 Å². The second-order valence-electron chi connectivity index (χ2n) is 4.54. The maximum atomic E-state index is 5.98. The Morgan fingerprint density at radius 2 is 2.10 bits per heavy atom. The van der Waals surface area contributed by atoms with Gasteiger partial charge in [-0.15, -0.1) is 0 Å². The molecule has 0 spiro atoms. The summed E-state index contributed by atoms with van der Waals surface area (Å²) in [5.74, 6) is 1.07. The van der Waals surface area contributed by atoms with Crippen molar-refractivity contribution in [1.29, 1.82) is 0 Å². The van der Waals surface area contributed by atoms with Crippen LogP contribution in [0, 0.1) is 3.57 Å². The van der Waals surface area contributed by atoms with Crippen LogP contribution < -0.4 is 5.73 Å². The van der Waals surface area contributed by atoms with Crippen LogP contribution in [0.3, 0.4) is 0 Å². The molecule has 0 fully saturated rings. The first-order valence-corrected chi connectivity index (χ1v) is 7.43. The number of aromatic nitrogens is 3. The normalized spacial score (nSPS) is 11.0. The first-order valence-electron chi connectivity index (χ1n) is 6.35. The van der Waals surface area contributed by atoms with Crippen molar-refractivity contribution in [3.8, 4) is 11.4 Å². The van der Waals surface area contributed by atoms with E-state index in [4.69, 9.17) is 10.5 Å². The number of benzene rings is 1. The lowest BCUT2D eigenvalue weighted by Crippen LogP contribution is -2.05. The third-order valence-electron chi connectivity index (χ3n) is 3.09. The summed E-state index contributed by atoms with van der Waals surface area (Å²) in [5, 5.41) is 1.05. The molecule has 2 heterocycles. The molecule has 0 unspecified atom stereocenters. The maximum absolute atomic E-state index is 5.98. The molecule has 106 valence electrons. The molecule has 3 rings (SSSR count). The summed E-state index contributed by atoms with van der Waals surface area (Å²) in [7, 11) is 1.63. The fraction of sp³-hybridized carbons (Fsp3) is 0.133. The molecule has 0 bridgehead atoms. The zero-order chi connectivity index (χ0) is 14.8. The minimum atomic E-state index is 0.410. The quantitative estimate of drug-likeness (QED) is 0.694. The molecule has 0 radical (unpaired) electrons. The Balaban J connectivity index is 2.13. The van der Waals surface area contributed by atoms with Gasteiger partial charge in [-0.25, -0.2) is 9.97 Å². The smallest absolute Gasteiger partial charge is 0.161 e. The van der Waals surface area contributed by atoms with E-state index in [1.54, 1.807) is 13.3 Å². The van der Waals surface area contributed by atoms with E-state index in [1.807, 2.05) is 30.3 Å². The van der Waals surface area contributed by atoms with Crippen LogP contribution in [0.2, 0.25) is 0 Å². The molecule has 2 N–H and O–H groups in total. The molecule has 0 amide bonds. The van der Waals surface area contributed by atoms with Gasteiger partial charge in [0.25, 0.3) is 0 Å². The molecular weight excluding hydrogens is 379 g/mol. The number of fused-ring (bicyclic) bond motifs is 1. The van der Waals surface area contributed by atoms with Gasteiger partial charge in [-0.3, -0.25) is 4.98 Å². The summed E-state index contributed by atoms with van der Waals surface area (Å²) in [6, 6.07) is 9.84. The maximum Gasteiger partial charge on any atom is 0.161 e. The fourth-order valence-corrected chi connectivity index (χ4v) is 2.49. The number of nitrogen functional groups attached to an aromatic ring is 1. The highest BCUT2D eigenvalue weighted by atomic mass is 127. The lowest BCUT2D eigenvalue weighted by atomic mass is 10.1. The number of ether oxygens (including phenoxy) is 1. The third-order valence-corrected chi connectivity index (χ3v) is 4.26. The van der Waals surface area contributed by atoms with Crippen molar-refractivity contribution in [2.24, 2.45) is 0 Å². The summed E-state index contributed by atoms with van der Waals surface area (Å²) in [6.45, 7) is 0.410. The van der Waals surface area contributed by atoms with Gasteiger partial charge in [0.1, 0.15) is 5.82 Å². The molecule has 0 saturated carbocycles. The van der Waals surface area contributed by atoms with Crippen molar-refractivity contribution >= 4 is 39.3 Å². The number of halogens is 1. The molecule has 3 aromatic rings. The highest BCUT2D eigenvalue weighted by molar-refractivity contribution is 14.1. The number of pyridine rings is 1. The van der Waals surface area contributed by atoms with Crippen LogP contribution in [-0.2, 0) is 11.3 Å². The predicted molar refractivity (Wildman–Crippen MR) is 90.6 cm³/mol. The molecule has 0 aliphatic heterocycles. The predicted octanol–water partition coefficient (Wildman–Crippen LogP) is 3.03. The SMILES string of the molecule is COCc1nc(-c2ccc3ncccc3c2)nc(N)c1I. The summed E-state index contributed by atoms with van der Waals surface area (Å²) in [6.07, 6.45) is 1.78. The van der Waals surface area contributed by atoms with Gasteiger partial charge in [-0.05, 0) is 46.9 Å². The summed E-state index contributed by atoms with van der Waals surface area (Å²) < 4.78 is 6.00. The van der Waals surface area contributed by atoms with Crippen molar-refractivity contribution in [3.05, 3.63) is 45.8 Å². The van der Waals surface area contributed by atoms with E-state index >= 15 is 0 Å². The molecule has 21 heavy (non-hydrogen) atoms. The molecule has 5 nitrogen and oxygen atoms in total. The minimum Gasteiger partial charge on any atom is -0.383 e. The number of nitrogens with two attached hydrogens (primary N) is 1. The van der Waals surface area contributed by atoms with Crippen molar-refractivity contribution in [3.63, 3.8) is 0 Å². The van der Waals surface area contributed by atoms with E-state index in [0.29, 0.717) is 18.2 Å². The molecule has 0 aliphatic carbocycles. The standard InChI is InChI=1S/C15H13IN4O/c1-21-8-12-13(16)14(17)20-15(19-12)10-4-5-11-9(7-10)3-2-6-18-11/h2-7H,8H2,1H3,(H2,17,19,20). The van der Waals surface area contributed by atoms with Crippen molar-refractivity contribution < 1.29 is 4.74 Å². The van der Waals surface area contributed by atoms with Crippen molar-refractivity contribution in [2.75, 3.05) is 12.8 Å². The van der Waals surface area contributed by atoms with Gasteiger partial charge < -0.3 is 10.5 Å². The van der Waals surface area contributed by atoms with E-state index in [0.717, 1.165) is 25.7 Å². The molecule has 6 heteroatoms. The molecule has 1 aromatic carbocycles. The van der Waals surface area contributed by atoms with Crippen LogP contribution in [0.25, 0.3) is 22.3 Å². The summed E-state index contributed by atoms with van der Waals surface area (Å²) in [5.41, 5.74) is 8.63. The van der Waals surface area contributed by atoms with E-state index in [1.165, 1.54) is 0 Å². The van der Waals surface area contributed by atoms with Gasteiger partial charge in [0.15, 0.2) is 5.82 Å². The van der Waals surface area contributed by atoms with E-state index in [-0.39, 0.29) is 0 Å². The van der Waals surface area contributed by atoms with Crippen LogP contribution in [0.1, 0.15) is 5.69 Å². The number of anilines is 1. The minimum absolute atomic E-state index is 0.410. The Labute approximate surface area is 135 Å². The van der Waals surface area contributed by atoms with Crippen LogP contribution in [0.15, 0.2) is 36.5 Å². The summed E-state index contributed by atoms with van der Waals surface area (Å²) >= 11 is 2.14. The average molecular weight is 392 g/mol. The van der Waals surface area contributed by atoms with E-state index < -0.39 is 0 Å². The van der Waals surface area contributed by atoms with Crippen molar-refractivity contribution in [1.82, 2.24) is 15.0 Å². The Bertz CT molecular complexity index is 807. The highest BCUT2D eigenvalue weighted by Crippen LogP contribution is 2.25. The van der Waals surface area contributed by atoms with Crippen LogP contribution in [-0.4, -0.2) is 22.1 Å². The zero-order valence-electron chi connectivity index (χ0n) is 11.4. The Kier molecular flexibility index (Phi) is 3.98. The third kappa shape index (κ3) is 2.81. The highest BCUT2D eigenvalue weighted by Gasteiger charge is 2.11. The second kappa shape index (κ2) is 5.90. The zero-order valence-corrected chi connectivity index (χ0v) is 13.5. The molecular formula is C15H13IN4O. The van der Waals surface area contributed by atoms with Crippen LogP contribution in [0.4, 0.5) is 5.82 Å². The van der Waals surface area contributed by atoms with Gasteiger partial charge in [0.05, 0.1) is 21.4 Å². The Morgan fingerprint density at radius 3 is 2.90 bits per heavy atom. The van der Waals surface area contributed by atoms with Gasteiger partial charge in [-0.1, -0.05) is 6.07 Å². The molecule has 2 aromatic heterocycles. The van der Waals surface area contributed by atoms with E-state index in [2.05, 4.69) is 37.5 Å². The second-order valence-corrected chi connectivity index (χ2v) is 5.62.